The minimum absolute atomic E-state index is 0.103. The van der Waals surface area contributed by atoms with Gasteiger partial charge in [-0.1, -0.05) is 74.4 Å². The number of aliphatic carboxylic acids is 1. The number of nitrogens with zero attached hydrogens (tertiary/aromatic N) is 3. The zero-order valence-electron chi connectivity index (χ0n) is 21.3. The summed E-state index contributed by atoms with van der Waals surface area (Å²) in [4.78, 5) is 24.2. The molecule has 38 heavy (non-hydrogen) atoms. The highest BCUT2D eigenvalue weighted by atomic mass is 16.6. The topological polar surface area (TPSA) is 130 Å². The second kappa shape index (κ2) is 11.0. The Morgan fingerprint density at radius 3 is 2.50 bits per heavy atom. The first-order chi connectivity index (χ1) is 18.5. The second-order valence-electron chi connectivity index (χ2n) is 9.96. The monoisotopic (exact) mass is 513 g/mol. The highest BCUT2D eigenvalue weighted by Crippen LogP contribution is 2.38. The molecule has 1 atom stereocenters. The number of aromatic nitrogens is 4. The maximum Gasteiger partial charge on any atom is 0.407 e. The largest absolute Gasteiger partial charge is 0.481 e. The molecule has 0 bridgehead atoms. The van der Waals surface area contributed by atoms with Gasteiger partial charge in [-0.3, -0.25) is 4.79 Å². The van der Waals surface area contributed by atoms with Crippen molar-refractivity contribution in [3.05, 3.63) is 66.2 Å². The molecule has 1 aromatic heterocycles. The predicted octanol–water partition coefficient (Wildman–Crippen LogP) is 5.38. The molecule has 3 N–H and O–H groups in total. The minimum Gasteiger partial charge on any atom is -0.481 e. The van der Waals surface area contributed by atoms with Crippen LogP contribution in [0, 0.1) is 5.41 Å². The van der Waals surface area contributed by atoms with E-state index in [-0.39, 0.29) is 12.6 Å². The van der Waals surface area contributed by atoms with Crippen LogP contribution in [-0.2, 0) is 16.0 Å². The number of ether oxygens (including phenoxy) is 1. The van der Waals surface area contributed by atoms with Crippen LogP contribution in [0.4, 0.5) is 4.79 Å². The van der Waals surface area contributed by atoms with E-state index < -0.39 is 17.5 Å². The van der Waals surface area contributed by atoms with E-state index in [1.54, 1.807) is 0 Å². The predicted molar refractivity (Wildman–Crippen MR) is 143 cm³/mol. The molecular formula is C29H31N5O4. The number of fused-ring (bicyclic) bond motifs is 1. The number of carboxylic acid groups (broad SMARTS) is 1. The molecule has 4 aromatic rings. The summed E-state index contributed by atoms with van der Waals surface area (Å²) in [5.41, 5.74) is 3.17. The number of rotatable bonds is 9. The van der Waals surface area contributed by atoms with Gasteiger partial charge in [-0.15, -0.1) is 10.2 Å². The smallest absolute Gasteiger partial charge is 0.407 e. The van der Waals surface area contributed by atoms with Crippen LogP contribution < -0.4 is 5.32 Å². The molecule has 1 aliphatic rings. The lowest BCUT2D eigenvalue weighted by atomic mass is 9.86. The van der Waals surface area contributed by atoms with E-state index in [9.17, 15) is 14.7 Å². The number of nitrogens with one attached hydrogen (secondary N) is 2. The first kappa shape index (κ1) is 25.4. The standard InChI is InChI=1S/C29H31N5O4/c1-2-23(38-28(37)30-18-29(27(35)36)13-5-6-14-29)16-19-9-10-21-17-22(12-11-20(21)15-19)24-7-3-4-8-25(24)26-31-33-34-32-26/h3-4,7-12,15,17,23H,2,5-6,13-14,16,18H2,1H3,(H,30,37)(H,35,36)(H,31,32,33,34). The van der Waals surface area contributed by atoms with Gasteiger partial charge in [0.25, 0.3) is 0 Å². The third-order valence-corrected chi connectivity index (χ3v) is 7.51. The molecule has 1 saturated carbocycles. The van der Waals surface area contributed by atoms with Crippen LogP contribution in [0.1, 0.15) is 44.6 Å². The van der Waals surface area contributed by atoms with Gasteiger partial charge in [-0.2, -0.15) is 5.21 Å². The van der Waals surface area contributed by atoms with Gasteiger partial charge in [0.1, 0.15) is 6.10 Å². The molecule has 5 rings (SSSR count). The Balaban J connectivity index is 1.26. The van der Waals surface area contributed by atoms with Crippen molar-refractivity contribution < 1.29 is 19.4 Å². The number of H-pyrrole nitrogens is 1. The van der Waals surface area contributed by atoms with Crippen LogP contribution in [0.3, 0.4) is 0 Å². The van der Waals surface area contributed by atoms with Crippen molar-refractivity contribution in [3.8, 4) is 22.5 Å². The fraction of sp³-hybridized carbons (Fsp3) is 0.345. The summed E-state index contributed by atoms with van der Waals surface area (Å²) in [6, 6.07) is 20.5. The van der Waals surface area contributed by atoms with Crippen molar-refractivity contribution in [3.63, 3.8) is 0 Å². The third kappa shape index (κ3) is 5.37. The van der Waals surface area contributed by atoms with Gasteiger partial charge in [0, 0.05) is 18.5 Å². The first-order valence-electron chi connectivity index (χ1n) is 13.0. The lowest BCUT2D eigenvalue weighted by Crippen LogP contribution is -2.42. The zero-order chi connectivity index (χ0) is 26.5. The number of amides is 1. The number of tetrazole rings is 1. The molecule has 0 aliphatic heterocycles. The van der Waals surface area contributed by atoms with Crippen LogP contribution in [0.25, 0.3) is 33.3 Å². The summed E-state index contributed by atoms with van der Waals surface area (Å²) in [7, 11) is 0. The zero-order valence-corrected chi connectivity index (χ0v) is 21.3. The SMILES string of the molecule is CCC(Cc1ccc2cc(-c3ccccc3-c3nn[nH]n3)ccc2c1)OC(=O)NCC1(C(=O)O)CCCC1. The molecule has 0 spiro atoms. The number of carbonyl (C=O) groups excluding carboxylic acids is 1. The number of hydrogen-bond acceptors (Lipinski definition) is 6. The molecule has 1 unspecified atom stereocenters. The van der Waals surface area contributed by atoms with E-state index in [0.29, 0.717) is 31.5 Å². The molecule has 0 radical (unpaired) electrons. The summed E-state index contributed by atoms with van der Waals surface area (Å²) < 4.78 is 5.66. The van der Waals surface area contributed by atoms with E-state index in [1.165, 1.54) is 0 Å². The van der Waals surface area contributed by atoms with Crippen molar-refractivity contribution in [2.45, 2.75) is 51.6 Å². The van der Waals surface area contributed by atoms with Crippen LogP contribution in [0.5, 0.6) is 0 Å². The quantitative estimate of drug-likeness (QED) is 0.274. The van der Waals surface area contributed by atoms with Gasteiger partial charge in [0.05, 0.1) is 5.41 Å². The van der Waals surface area contributed by atoms with Crippen molar-refractivity contribution >= 4 is 22.8 Å². The Labute approximate surface area is 220 Å². The molecule has 1 aliphatic carbocycles. The molecule has 9 heteroatoms. The average molecular weight is 514 g/mol. The van der Waals surface area contributed by atoms with Crippen molar-refractivity contribution in [1.29, 1.82) is 0 Å². The molecular weight excluding hydrogens is 482 g/mol. The maximum absolute atomic E-state index is 12.5. The summed E-state index contributed by atoms with van der Waals surface area (Å²) in [6.45, 7) is 2.08. The number of benzene rings is 3. The summed E-state index contributed by atoms with van der Waals surface area (Å²) in [6.07, 6.45) is 3.27. The van der Waals surface area contributed by atoms with E-state index in [2.05, 4.69) is 62.3 Å². The second-order valence-corrected chi connectivity index (χ2v) is 9.96. The lowest BCUT2D eigenvalue weighted by Gasteiger charge is -2.24. The Morgan fingerprint density at radius 2 is 1.79 bits per heavy atom. The maximum atomic E-state index is 12.5. The summed E-state index contributed by atoms with van der Waals surface area (Å²) in [5, 5.41) is 29.0. The van der Waals surface area contributed by atoms with Crippen LogP contribution in [0.15, 0.2) is 60.7 Å². The summed E-state index contributed by atoms with van der Waals surface area (Å²) >= 11 is 0. The molecule has 1 fully saturated rings. The third-order valence-electron chi connectivity index (χ3n) is 7.51. The van der Waals surface area contributed by atoms with Gasteiger partial charge < -0.3 is 15.2 Å². The van der Waals surface area contributed by atoms with Gasteiger partial charge in [0.2, 0.25) is 5.82 Å². The number of alkyl carbamates (subject to hydrolysis) is 1. The van der Waals surface area contributed by atoms with Gasteiger partial charge in [-0.05, 0) is 58.0 Å². The number of carbonyl (C=O) groups is 2. The first-order valence-corrected chi connectivity index (χ1v) is 13.0. The van der Waals surface area contributed by atoms with Gasteiger partial charge in [0.15, 0.2) is 0 Å². The van der Waals surface area contributed by atoms with E-state index >= 15 is 0 Å². The summed E-state index contributed by atoms with van der Waals surface area (Å²) in [5.74, 6) is -0.299. The van der Waals surface area contributed by atoms with Crippen molar-refractivity contribution in [1.82, 2.24) is 25.9 Å². The van der Waals surface area contributed by atoms with Crippen molar-refractivity contribution in [2.24, 2.45) is 5.41 Å². The van der Waals surface area contributed by atoms with E-state index in [0.717, 1.165) is 45.9 Å². The Bertz CT molecular complexity index is 1430. The minimum atomic E-state index is -0.871. The van der Waals surface area contributed by atoms with E-state index in [4.69, 9.17) is 4.74 Å². The molecule has 3 aromatic carbocycles. The number of aromatic amines is 1. The molecule has 1 amide bonds. The molecule has 0 saturated heterocycles. The van der Waals surface area contributed by atoms with Gasteiger partial charge >= 0.3 is 12.1 Å². The lowest BCUT2D eigenvalue weighted by molar-refractivity contribution is -0.148. The highest BCUT2D eigenvalue weighted by Gasteiger charge is 2.41. The van der Waals surface area contributed by atoms with Crippen molar-refractivity contribution in [2.75, 3.05) is 6.54 Å². The molecule has 1 heterocycles. The Hall–Kier alpha value is -4.27. The van der Waals surface area contributed by atoms with Crippen LogP contribution in [0.2, 0.25) is 0 Å². The average Bonchev–Trinajstić information content (AvgIpc) is 3.65. The van der Waals surface area contributed by atoms with E-state index in [1.807, 2.05) is 31.2 Å². The highest BCUT2D eigenvalue weighted by molar-refractivity contribution is 5.90. The Kier molecular flexibility index (Phi) is 7.35. The van der Waals surface area contributed by atoms with Crippen LogP contribution >= 0.6 is 0 Å². The normalized spacial score (nSPS) is 15.3. The fourth-order valence-corrected chi connectivity index (χ4v) is 5.28. The number of carboxylic acids is 1. The fourth-order valence-electron chi connectivity index (χ4n) is 5.28. The molecule has 196 valence electrons. The van der Waals surface area contributed by atoms with Crippen LogP contribution in [-0.4, -0.2) is 50.4 Å². The molecule has 9 nitrogen and oxygen atoms in total. The van der Waals surface area contributed by atoms with Gasteiger partial charge in [-0.25, -0.2) is 4.79 Å². The number of hydrogen-bond donors (Lipinski definition) is 3. The Morgan fingerprint density at radius 1 is 1.05 bits per heavy atom.